The van der Waals surface area contributed by atoms with Crippen LogP contribution in [0.15, 0.2) is 12.3 Å². The Balaban J connectivity index is 3.33. The van der Waals surface area contributed by atoms with Gasteiger partial charge in [-0.15, -0.1) is 0 Å². The van der Waals surface area contributed by atoms with Gasteiger partial charge in [-0.1, -0.05) is 39.9 Å². The first kappa shape index (κ1) is 16.9. The van der Waals surface area contributed by atoms with Crippen LogP contribution >= 0.6 is 12.2 Å². The third-order valence-corrected chi connectivity index (χ3v) is 3.81. The monoisotopic (exact) mass is 293 g/mol. The largest absolute Gasteiger partial charge is 0.389 e. The first-order valence-corrected chi connectivity index (χ1v) is 7.85. The lowest BCUT2D eigenvalue weighted by Crippen LogP contribution is -2.39. The zero-order chi connectivity index (χ0) is 15.3. The predicted octanol–water partition coefficient (Wildman–Crippen LogP) is 3.68. The van der Waals surface area contributed by atoms with E-state index in [0.29, 0.717) is 16.9 Å². The van der Waals surface area contributed by atoms with Crippen molar-refractivity contribution in [1.29, 1.82) is 0 Å². The van der Waals surface area contributed by atoms with Crippen molar-refractivity contribution >= 4 is 23.0 Å². The smallest absolute Gasteiger partial charge is 0.139 e. The van der Waals surface area contributed by atoms with Crippen LogP contribution in [0.5, 0.6) is 0 Å². The number of nitrogens with two attached hydrogens (primary N) is 1. The van der Waals surface area contributed by atoms with Crippen LogP contribution in [0.2, 0.25) is 0 Å². The lowest BCUT2D eigenvalue weighted by molar-refractivity contribution is 0.503. The Morgan fingerprint density at radius 2 is 1.95 bits per heavy atom. The standard InChI is InChI=1S/C16H27N3S/c1-6-13(7-2)19(10-11(3)4)16-14(15(17)20)12(5)8-9-18-16/h8-9,11,13H,6-7,10H2,1-5H3,(H2,17,20). The molecule has 0 radical (unpaired) electrons. The highest BCUT2D eigenvalue weighted by atomic mass is 32.1. The number of hydrogen-bond acceptors (Lipinski definition) is 3. The summed E-state index contributed by atoms with van der Waals surface area (Å²) in [6.45, 7) is 11.9. The first-order valence-electron chi connectivity index (χ1n) is 7.44. The molecular weight excluding hydrogens is 266 g/mol. The molecule has 112 valence electrons. The van der Waals surface area contributed by atoms with Crippen molar-refractivity contribution in [2.24, 2.45) is 11.7 Å². The van der Waals surface area contributed by atoms with Gasteiger partial charge in [0.15, 0.2) is 0 Å². The van der Waals surface area contributed by atoms with Crippen molar-refractivity contribution in [1.82, 2.24) is 4.98 Å². The number of thiocarbonyl (C=S) groups is 1. The van der Waals surface area contributed by atoms with Crippen molar-refractivity contribution in [2.45, 2.75) is 53.5 Å². The second kappa shape index (κ2) is 7.58. The number of pyridine rings is 1. The van der Waals surface area contributed by atoms with Gasteiger partial charge in [-0.3, -0.25) is 0 Å². The van der Waals surface area contributed by atoms with E-state index in [0.717, 1.165) is 36.3 Å². The average Bonchev–Trinajstić information content (AvgIpc) is 2.37. The van der Waals surface area contributed by atoms with Gasteiger partial charge in [-0.05, 0) is 37.3 Å². The minimum atomic E-state index is 0.435. The van der Waals surface area contributed by atoms with E-state index in [1.807, 2.05) is 19.2 Å². The molecule has 0 atom stereocenters. The first-order chi connectivity index (χ1) is 9.42. The summed E-state index contributed by atoms with van der Waals surface area (Å²) in [6.07, 6.45) is 4.04. The van der Waals surface area contributed by atoms with Crippen molar-refractivity contribution in [3.05, 3.63) is 23.4 Å². The molecule has 0 saturated carbocycles. The van der Waals surface area contributed by atoms with Gasteiger partial charge in [0, 0.05) is 18.8 Å². The van der Waals surface area contributed by atoms with Crippen molar-refractivity contribution < 1.29 is 0 Å². The lowest BCUT2D eigenvalue weighted by atomic mass is 10.0. The Morgan fingerprint density at radius 1 is 1.35 bits per heavy atom. The Hall–Kier alpha value is -1.16. The normalized spacial score (nSPS) is 11.2. The molecular formula is C16H27N3S. The summed E-state index contributed by atoms with van der Waals surface area (Å²) < 4.78 is 0. The van der Waals surface area contributed by atoms with Crippen LogP contribution in [-0.4, -0.2) is 22.6 Å². The Kier molecular flexibility index (Phi) is 6.40. The van der Waals surface area contributed by atoms with E-state index in [-0.39, 0.29) is 0 Å². The molecule has 1 aromatic rings. The highest BCUT2D eigenvalue weighted by Crippen LogP contribution is 2.26. The SMILES string of the molecule is CCC(CC)N(CC(C)C)c1nccc(C)c1C(N)=S. The van der Waals surface area contributed by atoms with Gasteiger partial charge in [0.25, 0.3) is 0 Å². The highest BCUT2D eigenvalue weighted by Gasteiger charge is 2.22. The van der Waals surface area contributed by atoms with E-state index in [1.54, 1.807) is 0 Å². The third-order valence-electron chi connectivity index (χ3n) is 3.60. The minimum Gasteiger partial charge on any atom is -0.389 e. The van der Waals surface area contributed by atoms with Gasteiger partial charge in [0.1, 0.15) is 10.8 Å². The zero-order valence-corrected chi connectivity index (χ0v) is 14.1. The maximum absolute atomic E-state index is 5.93. The quantitative estimate of drug-likeness (QED) is 0.779. The molecule has 0 bridgehead atoms. The predicted molar refractivity (Wildman–Crippen MR) is 91.4 cm³/mol. The van der Waals surface area contributed by atoms with Crippen LogP contribution < -0.4 is 10.6 Å². The van der Waals surface area contributed by atoms with Gasteiger partial charge < -0.3 is 10.6 Å². The van der Waals surface area contributed by atoms with Gasteiger partial charge in [-0.2, -0.15) is 0 Å². The van der Waals surface area contributed by atoms with Crippen LogP contribution in [0, 0.1) is 12.8 Å². The lowest BCUT2D eigenvalue weighted by Gasteiger charge is -2.34. The Morgan fingerprint density at radius 3 is 2.40 bits per heavy atom. The van der Waals surface area contributed by atoms with Crippen LogP contribution in [0.3, 0.4) is 0 Å². The number of hydrogen-bond donors (Lipinski definition) is 1. The summed E-state index contributed by atoms with van der Waals surface area (Å²) in [5, 5.41) is 0. The number of anilines is 1. The maximum atomic E-state index is 5.93. The van der Waals surface area contributed by atoms with Crippen molar-refractivity contribution in [2.75, 3.05) is 11.4 Å². The molecule has 0 fully saturated rings. The number of nitrogens with zero attached hydrogens (tertiary/aromatic N) is 2. The summed E-state index contributed by atoms with van der Waals surface area (Å²) in [4.78, 5) is 7.41. The number of aromatic nitrogens is 1. The van der Waals surface area contributed by atoms with Gasteiger partial charge >= 0.3 is 0 Å². The highest BCUT2D eigenvalue weighted by molar-refractivity contribution is 7.80. The summed E-state index contributed by atoms with van der Waals surface area (Å²) >= 11 is 5.24. The summed E-state index contributed by atoms with van der Waals surface area (Å²) in [6, 6.07) is 2.44. The molecule has 2 N–H and O–H groups in total. The van der Waals surface area contributed by atoms with E-state index in [2.05, 4.69) is 37.6 Å². The summed E-state index contributed by atoms with van der Waals surface area (Å²) in [7, 11) is 0. The fourth-order valence-electron chi connectivity index (χ4n) is 2.60. The fourth-order valence-corrected chi connectivity index (χ4v) is 2.85. The molecule has 20 heavy (non-hydrogen) atoms. The number of rotatable bonds is 7. The molecule has 1 heterocycles. The van der Waals surface area contributed by atoms with Crippen LogP contribution in [0.25, 0.3) is 0 Å². The topological polar surface area (TPSA) is 42.2 Å². The zero-order valence-electron chi connectivity index (χ0n) is 13.3. The molecule has 0 aliphatic carbocycles. The molecule has 4 heteroatoms. The van der Waals surface area contributed by atoms with Crippen molar-refractivity contribution in [3.63, 3.8) is 0 Å². The van der Waals surface area contributed by atoms with E-state index < -0.39 is 0 Å². The van der Waals surface area contributed by atoms with Crippen LogP contribution in [-0.2, 0) is 0 Å². The van der Waals surface area contributed by atoms with Crippen LogP contribution in [0.4, 0.5) is 5.82 Å². The third kappa shape index (κ3) is 3.92. The molecule has 3 nitrogen and oxygen atoms in total. The molecule has 0 aromatic carbocycles. The molecule has 0 unspecified atom stereocenters. The second-order valence-corrected chi connectivity index (χ2v) is 6.15. The average molecular weight is 293 g/mol. The molecule has 0 spiro atoms. The molecule has 0 aliphatic heterocycles. The summed E-state index contributed by atoms with van der Waals surface area (Å²) in [5.41, 5.74) is 7.96. The second-order valence-electron chi connectivity index (χ2n) is 5.71. The minimum absolute atomic E-state index is 0.435. The number of aryl methyl sites for hydroxylation is 1. The van der Waals surface area contributed by atoms with E-state index >= 15 is 0 Å². The van der Waals surface area contributed by atoms with Crippen molar-refractivity contribution in [3.8, 4) is 0 Å². The molecule has 1 rings (SSSR count). The molecule has 1 aromatic heterocycles. The summed E-state index contributed by atoms with van der Waals surface area (Å²) in [5.74, 6) is 1.51. The van der Waals surface area contributed by atoms with E-state index in [9.17, 15) is 0 Å². The molecule has 0 aliphatic rings. The maximum Gasteiger partial charge on any atom is 0.139 e. The Labute approximate surface area is 128 Å². The molecule has 0 saturated heterocycles. The Bertz CT molecular complexity index is 453. The fraction of sp³-hybridized carbons (Fsp3) is 0.625. The van der Waals surface area contributed by atoms with Crippen LogP contribution in [0.1, 0.15) is 51.7 Å². The van der Waals surface area contributed by atoms with E-state index in [4.69, 9.17) is 18.0 Å². The van der Waals surface area contributed by atoms with E-state index in [1.165, 1.54) is 0 Å². The van der Waals surface area contributed by atoms with Gasteiger partial charge in [0.2, 0.25) is 0 Å². The van der Waals surface area contributed by atoms with Gasteiger partial charge in [0.05, 0.1) is 5.56 Å². The van der Waals surface area contributed by atoms with Gasteiger partial charge in [-0.25, -0.2) is 4.98 Å². The molecule has 0 amide bonds.